The first-order chi connectivity index (χ1) is 9.77. The van der Waals surface area contributed by atoms with Crippen LogP contribution in [0.25, 0.3) is 0 Å². The predicted molar refractivity (Wildman–Crippen MR) is 75.5 cm³/mol. The molecular formula is C15H21N3O2. The highest BCUT2D eigenvalue weighted by molar-refractivity contribution is 5.78. The standard InChI is InChI=1S/C15H21N3O2/c19-14(10-20-13-3-1-6-16-9-13)18-8-2-4-15(12-18)5-7-17-11-15/h1,3,6,9,17H,2,4-5,7-8,10-12H2. The first-order valence-electron chi connectivity index (χ1n) is 7.29. The van der Waals surface area contributed by atoms with Crippen molar-refractivity contribution in [3.8, 4) is 5.75 Å². The van der Waals surface area contributed by atoms with Gasteiger partial charge >= 0.3 is 0 Å². The average Bonchev–Trinajstić information content (AvgIpc) is 2.93. The van der Waals surface area contributed by atoms with Crippen LogP contribution in [0.3, 0.4) is 0 Å². The lowest BCUT2D eigenvalue weighted by Gasteiger charge is -2.39. The highest BCUT2D eigenvalue weighted by Crippen LogP contribution is 2.35. The van der Waals surface area contributed by atoms with Crippen LogP contribution in [0.5, 0.6) is 5.75 Å². The van der Waals surface area contributed by atoms with Crippen LogP contribution in [0.15, 0.2) is 24.5 Å². The van der Waals surface area contributed by atoms with Gasteiger partial charge < -0.3 is 15.0 Å². The smallest absolute Gasteiger partial charge is 0.260 e. The van der Waals surface area contributed by atoms with Gasteiger partial charge in [-0.3, -0.25) is 9.78 Å². The molecule has 108 valence electrons. The molecule has 5 heteroatoms. The predicted octanol–water partition coefficient (Wildman–Crippen LogP) is 1.06. The van der Waals surface area contributed by atoms with Crippen molar-refractivity contribution >= 4 is 5.91 Å². The summed E-state index contributed by atoms with van der Waals surface area (Å²) in [5, 5.41) is 3.42. The molecule has 1 amide bonds. The van der Waals surface area contributed by atoms with E-state index >= 15 is 0 Å². The van der Waals surface area contributed by atoms with Gasteiger partial charge in [0.1, 0.15) is 5.75 Å². The summed E-state index contributed by atoms with van der Waals surface area (Å²) in [5.74, 6) is 0.731. The van der Waals surface area contributed by atoms with Gasteiger partial charge in [0.2, 0.25) is 0 Å². The Morgan fingerprint density at radius 2 is 2.45 bits per heavy atom. The zero-order chi connectivity index (χ0) is 13.8. The van der Waals surface area contributed by atoms with Crippen molar-refractivity contribution in [1.29, 1.82) is 0 Å². The Morgan fingerprint density at radius 1 is 1.50 bits per heavy atom. The molecule has 20 heavy (non-hydrogen) atoms. The topological polar surface area (TPSA) is 54.5 Å². The van der Waals surface area contributed by atoms with Crippen LogP contribution in [0.1, 0.15) is 19.3 Å². The summed E-state index contributed by atoms with van der Waals surface area (Å²) in [6.07, 6.45) is 6.83. The van der Waals surface area contributed by atoms with Crippen LogP contribution in [-0.4, -0.2) is 48.6 Å². The zero-order valence-electron chi connectivity index (χ0n) is 11.7. The minimum atomic E-state index is 0.0832. The van der Waals surface area contributed by atoms with E-state index in [1.807, 2.05) is 11.0 Å². The Morgan fingerprint density at radius 3 is 3.20 bits per heavy atom. The van der Waals surface area contributed by atoms with Gasteiger partial charge in [-0.15, -0.1) is 0 Å². The lowest BCUT2D eigenvalue weighted by Crippen LogP contribution is -2.48. The monoisotopic (exact) mass is 275 g/mol. The molecule has 0 bridgehead atoms. The molecule has 1 unspecified atom stereocenters. The number of hydrogen-bond acceptors (Lipinski definition) is 4. The fourth-order valence-electron chi connectivity index (χ4n) is 3.23. The average molecular weight is 275 g/mol. The number of nitrogens with one attached hydrogen (secondary N) is 1. The van der Waals surface area contributed by atoms with Crippen LogP contribution in [0.4, 0.5) is 0 Å². The quantitative estimate of drug-likeness (QED) is 0.896. The van der Waals surface area contributed by atoms with Crippen LogP contribution in [0.2, 0.25) is 0 Å². The van der Waals surface area contributed by atoms with E-state index in [1.165, 1.54) is 12.8 Å². The highest BCUT2D eigenvalue weighted by atomic mass is 16.5. The normalized spacial score (nSPS) is 25.9. The van der Waals surface area contributed by atoms with Crippen molar-refractivity contribution in [3.63, 3.8) is 0 Å². The molecule has 1 aromatic rings. The van der Waals surface area contributed by atoms with Gasteiger partial charge in [-0.05, 0) is 37.9 Å². The van der Waals surface area contributed by atoms with Crippen molar-refractivity contribution in [2.24, 2.45) is 5.41 Å². The molecule has 3 rings (SSSR count). The summed E-state index contributed by atoms with van der Waals surface area (Å²) in [4.78, 5) is 18.2. The van der Waals surface area contributed by atoms with E-state index in [1.54, 1.807) is 18.5 Å². The number of pyridine rings is 1. The maximum absolute atomic E-state index is 12.3. The molecule has 1 spiro atoms. The van der Waals surface area contributed by atoms with Crippen LogP contribution < -0.4 is 10.1 Å². The summed E-state index contributed by atoms with van der Waals surface area (Å²) >= 11 is 0. The van der Waals surface area contributed by atoms with Gasteiger partial charge in [0.25, 0.3) is 5.91 Å². The third-order valence-electron chi connectivity index (χ3n) is 4.34. The SMILES string of the molecule is O=C(COc1cccnc1)N1CCCC2(CCNC2)C1. The number of carbonyl (C=O) groups excluding carboxylic acids is 1. The molecular weight excluding hydrogens is 254 g/mol. The number of piperidine rings is 1. The molecule has 2 fully saturated rings. The lowest BCUT2D eigenvalue weighted by molar-refractivity contribution is -0.136. The van der Waals surface area contributed by atoms with Crippen LogP contribution >= 0.6 is 0 Å². The minimum absolute atomic E-state index is 0.0832. The molecule has 3 heterocycles. The fourth-order valence-corrected chi connectivity index (χ4v) is 3.23. The number of aromatic nitrogens is 1. The Balaban J connectivity index is 1.54. The molecule has 0 aliphatic carbocycles. The van der Waals surface area contributed by atoms with Crippen molar-refractivity contribution in [2.45, 2.75) is 19.3 Å². The molecule has 2 aliphatic heterocycles. The molecule has 5 nitrogen and oxygen atoms in total. The van der Waals surface area contributed by atoms with E-state index in [4.69, 9.17) is 4.74 Å². The van der Waals surface area contributed by atoms with E-state index in [2.05, 4.69) is 10.3 Å². The van der Waals surface area contributed by atoms with Gasteiger partial charge in [-0.25, -0.2) is 0 Å². The second kappa shape index (κ2) is 5.79. The minimum Gasteiger partial charge on any atom is -0.482 e. The second-order valence-electron chi connectivity index (χ2n) is 5.82. The first-order valence-corrected chi connectivity index (χ1v) is 7.29. The third-order valence-corrected chi connectivity index (χ3v) is 4.34. The van der Waals surface area contributed by atoms with Gasteiger partial charge in [0, 0.05) is 31.2 Å². The molecule has 0 saturated carbocycles. The van der Waals surface area contributed by atoms with Crippen LogP contribution in [-0.2, 0) is 4.79 Å². The molecule has 1 N–H and O–H groups in total. The molecule has 1 atom stereocenters. The Bertz CT molecular complexity index is 457. The first kappa shape index (κ1) is 13.4. The highest BCUT2D eigenvalue weighted by Gasteiger charge is 2.39. The van der Waals surface area contributed by atoms with Gasteiger partial charge in [0.15, 0.2) is 6.61 Å². The maximum Gasteiger partial charge on any atom is 0.260 e. The number of hydrogen-bond donors (Lipinski definition) is 1. The molecule has 0 radical (unpaired) electrons. The summed E-state index contributed by atoms with van der Waals surface area (Å²) in [6.45, 7) is 3.95. The second-order valence-corrected chi connectivity index (χ2v) is 5.82. The molecule has 2 saturated heterocycles. The lowest BCUT2D eigenvalue weighted by atomic mass is 9.79. The molecule has 1 aromatic heterocycles. The van der Waals surface area contributed by atoms with Crippen molar-refractivity contribution in [3.05, 3.63) is 24.5 Å². The number of nitrogens with zero attached hydrogens (tertiary/aromatic N) is 2. The number of rotatable bonds is 3. The van der Waals surface area contributed by atoms with E-state index < -0.39 is 0 Å². The van der Waals surface area contributed by atoms with Crippen molar-refractivity contribution < 1.29 is 9.53 Å². The summed E-state index contributed by atoms with van der Waals surface area (Å²) < 4.78 is 5.50. The van der Waals surface area contributed by atoms with Gasteiger partial charge in [0.05, 0.1) is 6.20 Å². The largest absolute Gasteiger partial charge is 0.482 e. The number of amides is 1. The molecule has 0 aromatic carbocycles. The Hall–Kier alpha value is -1.62. The van der Waals surface area contributed by atoms with E-state index in [9.17, 15) is 4.79 Å². The summed E-state index contributed by atoms with van der Waals surface area (Å²) in [6, 6.07) is 3.62. The van der Waals surface area contributed by atoms with Crippen LogP contribution in [0, 0.1) is 5.41 Å². The Kier molecular flexibility index (Phi) is 3.87. The van der Waals surface area contributed by atoms with Crippen molar-refractivity contribution in [1.82, 2.24) is 15.2 Å². The third kappa shape index (κ3) is 2.93. The van der Waals surface area contributed by atoms with Gasteiger partial charge in [-0.2, -0.15) is 0 Å². The summed E-state index contributed by atoms with van der Waals surface area (Å²) in [7, 11) is 0. The van der Waals surface area contributed by atoms with E-state index in [0.29, 0.717) is 11.2 Å². The van der Waals surface area contributed by atoms with E-state index in [-0.39, 0.29) is 12.5 Å². The fraction of sp³-hybridized carbons (Fsp3) is 0.600. The summed E-state index contributed by atoms with van der Waals surface area (Å²) in [5.41, 5.74) is 0.308. The van der Waals surface area contributed by atoms with E-state index in [0.717, 1.165) is 32.6 Å². The maximum atomic E-state index is 12.3. The zero-order valence-corrected chi connectivity index (χ0v) is 11.7. The number of carbonyl (C=O) groups is 1. The van der Waals surface area contributed by atoms with Crippen molar-refractivity contribution in [2.75, 3.05) is 32.8 Å². The number of likely N-dealkylation sites (tertiary alicyclic amines) is 1. The van der Waals surface area contributed by atoms with Gasteiger partial charge in [-0.1, -0.05) is 0 Å². The number of ether oxygens (including phenoxy) is 1. The Labute approximate surface area is 119 Å². The molecule has 2 aliphatic rings.